The standard InChI is InChI=1S/C21H16Cl2FNO5/c22-16-18(26)15(19(27)17(23)20(16)28)21(29)25-10-9-11-1-5-13(6-2-11)30-14-7-3-12(24)4-8-14/h1-8,26-28H,9-10H2,(H,25,29). The Morgan fingerprint density at radius 1 is 0.867 bits per heavy atom. The molecule has 0 spiro atoms. The first-order valence-corrected chi connectivity index (χ1v) is 9.46. The number of hydrogen-bond acceptors (Lipinski definition) is 5. The van der Waals surface area contributed by atoms with E-state index >= 15 is 0 Å². The second-order valence-corrected chi connectivity index (χ2v) is 7.01. The molecule has 0 saturated heterocycles. The SMILES string of the molecule is O=C(NCCc1ccc(Oc2ccc(F)cc2)cc1)c1c(O)c(Cl)c(O)c(Cl)c1O. The van der Waals surface area contributed by atoms with E-state index in [0.29, 0.717) is 17.9 Å². The number of amides is 1. The van der Waals surface area contributed by atoms with E-state index in [1.54, 1.807) is 24.3 Å². The first-order chi connectivity index (χ1) is 14.3. The number of ether oxygens (including phenoxy) is 1. The highest BCUT2D eigenvalue weighted by atomic mass is 35.5. The molecule has 0 bridgehead atoms. The van der Waals surface area contributed by atoms with Crippen molar-refractivity contribution in [3.63, 3.8) is 0 Å². The van der Waals surface area contributed by atoms with Crippen molar-refractivity contribution in [3.8, 4) is 28.7 Å². The maximum Gasteiger partial charge on any atom is 0.258 e. The van der Waals surface area contributed by atoms with E-state index in [1.165, 1.54) is 24.3 Å². The van der Waals surface area contributed by atoms with Gasteiger partial charge in [0.1, 0.15) is 32.9 Å². The lowest BCUT2D eigenvalue weighted by Gasteiger charge is -2.12. The summed E-state index contributed by atoms with van der Waals surface area (Å²) in [5, 5.41) is 30.9. The lowest BCUT2D eigenvalue weighted by atomic mass is 10.1. The molecule has 0 unspecified atom stereocenters. The number of aromatic hydroxyl groups is 3. The Morgan fingerprint density at radius 2 is 1.37 bits per heavy atom. The van der Waals surface area contributed by atoms with Gasteiger partial charge in [-0.1, -0.05) is 35.3 Å². The van der Waals surface area contributed by atoms with E-state index in [2.05, 4.69) is 5.32 Å². The van der Waals surface area contributed by atoms with Crippen molar-refractivity contribution in [3.05, 3.63) is 75.5 Å². The fourth-order valence-electron chi connectivity index (χ4n) is 2.64. The minimum atomic E-state index is -0.801. The van der Waals surface area contributed by atoms with E-state index in [1.807, 2.05) is 0 Å². The molecular formula is C21H16Cl2FNO5. The van der Waals surface area contributed by atoms with Crippen molar-refractivity contribution in [2.24, 2.45) is 0 Å². The molecule has 3 rings (SSSR count). The van der Waals surface area contributed by atoms with Crippen LogP contribution in [0.2, 0.25) is 10.0 Å². The monoisotopic (exact) mass is 451 g/mol. The molecule has 0 aromatic heterocycles. The summed E-state index contributed by atoms with van der Waals surface area (Å²) < 4.78 is 18.5. The van der Waals surface area contributed by atoms with Gasteiger partial charge in [-0.15, -0.1) is 0 Å². The summed E-state index contributed by atoms with van der Waals surface area (Å²) in [5.41, 5.74) is 0.364. The zero-order valence-electron chi connectivity index (χ0n) is 15.3. The number of benzene rings is 3. The molecule has 0 aliphatic rings. The lowest BCUT2D eigenvalue weighted by Crippen LogP contribution is -2.26. The van der Waals surface area contributed by atoms with Crippen LogP contribution >= 0.6 is 23.2 Å². The molecule has 9 heteroatoms. The average Bonchev–Trinajstić information content (AvgIpc) is 2.74. The Bertz CT molecular complexity index is 1040. The highest BCUT2D eigenvalue weighted by Crippen LogP contribution is 2.47. The van der Waals surface area contributed by atoms with Crippen LogP contribution in [0.5, 0.6) is 28.7 Å². The normalized spacial score (nSPS) is 10.6. The van der Waals surface area contributed by atoms with Crippen LogP contribution in [0.15, 0.2) is 48.5 Å². The number of hydrogen-bond donors (Lipinski definition) is 4. The third kappa shape index (κ3) is 4.69. The third-order valence-corrected chi connectivity index (χ3v) is 4.92. The van der Waals surface area contributed by atoms with Crippen LogP contribution in [0.3, 0.4) is 0 Å². The number of halogens is 3. The van der Waals surface area contributed by atoms with Crippen molar-refractivity contribution in [2.45, 2.75) is 6.42 Å². The van der Waals surface area contributed by atoms with E-state index in [4.69, 9.17) is 27.9 Å². The van der Waals surface area contributed by atoms with E-state index < -0.39 is 38.8 Å². The number of carbonyl (C=O) groups excluding carboxylic acids is 1. The topological polar surface area (TPSA) is 99.0 Å². The molecule has 3 aromatic carbocycles. The van der Waals surface area contributed by atoms with Gasteiger partial charge >= 0.3 is 0 Å². The number of rotatable bonds is 6. The van der Waals surface area contributed by atoms with Crippen molar-refractivity contribution < 1.29 is 29.2 Å². The van der Waals surface area contributed by atoms with Gasteiger partial charge in [0, 0.05) is 6.54 Å². The van der Waals surface area contributed by atoms with Crippen LogP contribution in [0, 0.1) is 5.82 Å². The van der Waals surface area contributed by atoms with Crippen LogP contribution < -0.4 is 10.1 Å². The largest absolute Gasteiger partial charge is 0.505 e. The van der Waals surface area contributed by atoms with Gasteiger partial charge in [-0.25, -0.2) is 4.39 Å². The van der Waals surface area contributed by atoms with Crippen molar-refractivity contribution in [2.75, 3.05) is 6.54 Å². The molecule has 0 heterocycles. The third-order valence-electron chi connectivity index (χ3n) is 4.20. The summed E-state index contributed by atoms with van der Waals surface area (Å²) in [6.45, 7) is 0.187. The molecular weight excluding hydrogens is 436 g/mol. The van der Waals surface area contributed by atoms with Gasteiger partial charge in [0.05, 0.1) is 0 Å². The minimum Gasteiger partial charge on any atom is -0.505 e. The molecule has 156 valence electrons. The number of phenols is 3. The molecule has 0 radical (unpaired) electrons. The van der Waals surface area contributed by atoms with Crippen LogP contribution in [0.4, 0.5) is 4.39 Å². The van der Waals surface area contributed by atoms with Gasteiger partial charge in [0.25, 0.3) is 5.91 Å². The zero-order chi connectivity index (χ0) is 21.8. The molecule has 0 aliphatic heterocycles. The van der Waals surface area contributed by atoms with Crippen LogP contribution in [-0.4, -0.2) is 27.8 Å². The summed E-state index contributed by atoms with van der Waals surface area (Å²) in [5.74, 6) is -2.33. The molecule has 6 nitrogen and oxygen atoms in total. The summed E-state index contributed by atoms with van der Waals surface area (Å²) in [4.78, 5) is 12.3. The van der Waals surface area contributed by atoms with E-state index in [9.17, 15) is 24.5 Å². The number of nitrogens with one attached hydrogen (secondary N) is 1. The molecule has 30 heavy (non-hydrogen) atoms. The van der Waals surface area contributed by atoms with Crippen LogP contribution in [0.1, 0.15) is 15.9 Å². The predicted molar refractivity (Wildman–Crippen MR) is 110 cm³/mol. The van der Waals surface area contributed by atoms with Crippen LogP contribution in [-0.2, 0) is 6.42 Å². The fraction of sp³-hybridized carbons (Fsp3) is 0.0952. The molecule has 0 saturated carbocycles. The molecule has 3 aromatic rings. The van der Waals surface area contributed by atoms with E-state index in [-0.39, 0.29) is 12.4 Å². The van der Waals surface area contributed by atoms with Gasteiger partial charge in [0.2, 0.25) is 0 Å². The summed E-state index contributed by atoms with van der Waals surface area (Å²) in [6, 6.07) is 12.7. The molecule has 0 aliphatic carbocycles. The fourth-order valence-corrected chi connectivity index (χ4v) is 3.07. The second kappa shape index (κ2) is 9.11. The Labute approximate surface area is 181 Å². The molecule has 0 atom stereocenters. The first-order valence-electron chi connectivity index (χ1n) is 8.70. The summed E-state index contributed by atoms with van der Waals surface area (Å²) in [7, 11) is 0. The number of carbonyl (C=O) groups is 1. The Kier molecular flexibility index (Phi) is 6.54. The smallest absolute Gasteiger partial charge is 0.258 e. The van der Waals surface area contributed by atoms with Crippen LogP contribution in [0.25, 0.3) is 0 Å². The zero-order valence-corrected chi connectivity index (χ0v) is 16.8. The maximum atomic E-state index is 12.9. The van der Waals surface area contributed by atoms with Gasteiger partial charge in [-0.05, 0) is 48.4 Å². The summed E-state index contributed by atoms with van der Waals surface area (Å²) >= 11 is 11.4. The van der Waals surface area contributed by atoms with E-state index in [0.717, 1.165) is 5.56 Å². The average molecular weight is 452 g/mol. The molecule has 4 N–H and O–H groups in total. The Hall–Kier alpha value is -3.16. The minimum absolute atomic E-state index is 0.187. The Morgan fingerprint density at radius 3 is 1.90 bits per heavy atom. The highest BCUT2D eigenvalue weighted by molar-refractivity contribution is 6.40. The molecule has 0 fully saturated rings. The van der Waals surface area contributed by atoms with Crippen molar-refractivity contribution in [1.29, 1.82) is 0 Å². The highest BCUT2D eigenvalue weighted by Gasteiger charge is 2.26. The van der Waals surface area contributed by atoms with Gasteiger partial charge in [-0.2, -0.15) is 0 Å². The lowest BCUT2D eigenvalue weighted by molar-refractivity contribution is 0.0948. The second-order valence-electron chi connectivity index (χ2n) is 6.25. The first kappa shape index (κ1) is 21.5. The predicted octanol–water partition coefficient (Wildman–Crippen LogP) is 5.01. The van der Waals surface area contributed by atoms with Crippen molar-refractivity contribution >= 4 is 29.1 Å². The summed E-state index contributed by atoms with van der Waals surface area (Å²) in [6.07, 6.45) is 0.448. The Balaban J connectivity index is 1.59. The van der Waals surface area contributed by atoms with Gasteiger partial charge in [0.15, 0.2) is 17.2 Å². The maximum absolute atomic E-state index is 12.9. The molecule has 1 amide bonds. The van der Waals surface area contributed by atoms with Crippen molar-refractivity contribution in [1.82, 2.24) is 5.32 Å². The quantitative estimate of drug-likeness (QED) is 0.421. The van der Waals surface area contributed by atoms with Gasteiger partial charge in [-0.3, -0.25) is 4.79 Å². The van der Waals surface area contributed by atoms with Gasteiger partial charge < -0.3 is 25.4 Å². The number of phenolic OH excluding ortho intramolecular Hbond substituents is 3.